The van der Waals surface area contributed by atoms with Crippen LogP contribution in [0.5, 0.6) is 0 Å². The summed E-state index contributed by atoms with van der Waals surface area (Å²) in [7, 11) is 2.16. The number of hydrogen-bond acceptors (Lipinski definition) is 15. The maximum absolute atomic E-state index is 13.8. The van der Waals surface area contributed by atoms with Crippen LogP contribution in [0.4, 0.5) is 0 Å². The lowest BCUT2D eigenvalue weighted by Gasteiger charge is -2.29. The number of amides is 3. The van der Waals surface area contributed by atoms with Gasteiger partial charge in [0.25, 0.3) is 5.76 Å². The summed E-state index contributed by atoms with van der Waals surface area (Å²) in [6.45, 7) is 2.59. The number of unbranched alkanes of at least 4 members (excludes halogenated alkanes) is 15. The third-order valence-corrected chi connectivity index (χ3v) is 14.5. The van der Waals surface area contributed by atoms with Crippen molar-refractivity contribution in [2.45, 2.75) is 185 Å². The molecule has 3 amide bonds. The zero-order chi connectivity index (χ0) is 52.6. The van der Waals surface area contributed by atoms with Crippen LogP contribution < -0.4 is 27.4 Å². The van der Waals surface area contributed by atoms with Crippen LogP contribution in [0.25, 0.3) is 0 Å². The second-order valence-corrected chi connectivity index (χ2v) is 21.2. The van der Waals surface area contributed by atoms with Gasteiger partial charge in [-0.25, -0.2) is 28.5 Å². The number of carboxylic acid groups (broad SMARTS) is 1. The van der Waals surface area contributed by atoms with Crippen LogP contribution in [-0.4, -0.2) is 150 Å². The molecule has 0 aromatic carbocycles. The highest BCUT2D eigenvalue weighted by Gasteiger charge is 2.46. The normalized spacial score (nSPS) is 15.6. The number of nitrogens with one attached hydrogen (secondary N) is 4. The van der Waals surface area contributed by atoms with Gasteiger partial charge in [0.2, 0.25) is 17.7 Å². The van der Waals surface area contributed by atoms with Crippen molar-refractivity contribution in [1.82, 2.24) is 35.3 Å². The van der Waals surface area contributed by atoms with Gasteiger partial charge in [-0.3, -0.25) is 19.2 Å². The highest BCUT2D eigenvalue weighted by molar-refractivity contribution is 7.54. The molecule has 0 spiro atoms. The number of cyclic esters (lactones) is 1. The van der Waals surface area contributed by atoms with Crippen LogP contribution in [0.2, 0.25) is 0 Å². The highest BCUT2D eigenvalue weighted by atomic mass is 31.2. The number of hydrogen-bond donors (Lipinski definition) is 8. The minimum Gasteiger partial charge on any atom is -0.505 e. The Labute approximate surface area is 420 Å². The molecular formula is C48H86N9O13P. The van der Waals surface area contributed by atoms with Gasteiger partial charge in [0.15, 0.2) is 11.9 Å². The van der Waals surface area contributed by atoms with Gasteiger partial charge in [-0.15, -0.1) is 0 Å². The summed E-state index contributed by atoms with van der Waals surface area (Å²) >= 11 is 0. The molecule has 0 fully saturated rings. The summed E-state index contributed by atoms with van der Waals surface area (Å²) in [4.78, 5) is 85.5. The number of esters is 2. The molecule has 406 valence electrons. The maximum atomic E-state index is 13.8. The van der Waals surface area contributed by atoms with Gasteiger partial charge < -0.3 is 61.3 Å². The molecule has 0 radical (unpaired) electrons. The third-order valence-electron chi connectivity index (χ3n) is 12.0. The van der Waals surface area contributed by atoms with Crippen molar-refractivity contribution in [2.75, 3.05) is 54.5 Å². The first-order valence-electron chi connectivity index (χ1n) is 25.6. The molecule has 0 bridgehead atoms. The van der Waals surface area contributed by atoms with Gasteiger partial charge in [-0.2, -0.15) is 0 Å². The van der Waals surface area contributed by atoms with E-state index in [-0.39, 0.29) is 25.9 Å². The average Bonchev–Trinajstić information content (AvgIpc) is 3.95. The number of aromatic nitrogens is 2. The Bertz CT molecular complexity index is 1810. The molecule has 23 heteroatoms. The Morgan fingerprint density at radius 3 is 1.83 bits per heavy atom. The molecule has 71 heavy (non-hydrogen) atoms. The standard InChI is InChI=1S/C48H86N9O13P/c1-6-7-8-9-10-11-12-13-14-15-16-17-18-23-30-67-39(43-42(60)44(48(65)69-43)70-71(66,56(2)3)57(4)5)33-68-41(59)27-26-40(58)53-36(24-19-21-28-49)45(61)55-38(31-35-32-51-34-52-35)46(62)54-37(47(63)64)25-20-22-29-50/h32,34,36-39,43,60H,6-31,33,49-50H2,1-5H3,(H,51,52)(H,53,58)(H,54,62)(H,55,61)(H,63,64). The summed E-state index contributed by atoms with van der Waals surface area (Å²) in [6, 6.07) is -3.65. The van der Waals surface area contributed by atoms with E-state index in [4.69, 9.17) is 30.2 Å². The van der Waals surface area contributed by atoms with Crippen LogP contribution in [0.1, 0.15) is 154 Å². The Balaban J connectivity index is 2.09. The molecule has 0 aliphatic carbocycles. The number of aromatic amines is 1. The van der Waals surface area contributed by atoms with Crippen molar-refractivity contribution in [1.29, 1.82) is 0 Å². The molecule has 2 heterocycles. The molecule has 2 rings (SSSR count). The van der Waals surface area contributed by atoms with Gasteiger partial charge in [0.1, 0.15) is 30.8 Å². The number of imidazole rings is 1. The number of rotatable bonds is 42. The van der Waals surface area contributed by atoms with Crippen molar-refractivity contribution < 1.29 is 62.3 Å². The number of H-pyrrole nitrogens is 1. The average molecular weight is 1030 g/mol. The quantitative estimate of drug-likeness (QED) is 0.0246. The van der Waals surface area contributed by atoms with E-state index in [2.05, 4.69) is 32.8 Å². The van der Waals surface area contributed by atoms with E-state index in [1.807, 2.05) is 0 Å². The number of carbonyl (C=O) groups excluding carboxylic acids is 5. The first-order valence-corrected chi connectivity index (χ1v) is 27.1. The largest absolute Gasteiger partial charge is 0.505 e. The number of carboxylic acids is 1. The number of aliphatic hydroxyl groups is 1. The van der Waals surface area contributed by atoms with Gasteiger partial charge in [0, 0.05) is 31.3 Å². The lowest BCUT2D eigenvalue weighted by atomic mass is 10.0. The Hall–Kier alpha value is -4.60. The predicted octanol–water partition coefficient (Wildman–Crippen LogP) is 4.88. The SMILES string of the molecule is CCCCCCCCCCCCCCCCOC(COC(=O)CCC(=O)NC(CCCCN)C(=O)NC(Cc1cnc[nH]1)C(=O)NC(CCCCN)C(=O)O)C1OC(=O)C(OP(=O)(N(C)C)N(C)C)=C1O. The summed E-state index contributed by atoms with van der Waals surface area (Å²) < 4.78 is 38.7. The van der Waals surface area contributed by atoms with Crippen molar-refractivity contribution in [2.24, 2.45) is 11.5 Å². The monoisotopic (exact) mass is 1030 g/mol. The summed E-state index contributed by atoms with van der Waals surface area (Å²) in [6.07, 6.45) is 17.7. The minimum atomic E-state index is -3.80. The lowest BCUT2D eigenvalue weighted by molar-refractivity contribution is -0.159. The fraction of sp³-hybridized carbons (Fsp3) is 0.771. The zero-order valence-corrected chi connectivity index (χ0v) is 43.9. The second kappa shape index (κ2) is 35.5. The predicted molar refractivity (Wildman–Crippen MR) is 267 cm³/mol. The number of aliphatic carboxylic acids is 1. The molecule has 0 saturated heterocycles. The number of aliphatic hydroxyl groups excluding tert-OH is 1. The van der Waals surface area contributed by atoms with E-state index < -0.39 is 105 Å². The van der Waals surface area contributed by atoms with E-state index in [1.54, 1.807) is 0 Å². The number of carbonyl (C=O) groups is 6. The van der Waals surface area contributed by atoms with Crippen LogP contribution in [-0.2, 0) is 58.5 Å². The Morgan fingerprint density at radius 1 is 0.775 bits per heavy atom. The van der Waals surface area contributed by atoms with Crippen LogP contribution >= 0.6 is 7.67 Å². The van der Waals surface area contributed by atoms with Crippen molar-refractivity contribution in [3.63, 3.8) is 0 Å². The second-order valence-electron chi connectivity index (χ2n) is 18.4. The fourth-order valence-electron chi connectivity index (χ4n) is 7.80. The molecule has 5 unspecified atom stereocenters. The van der Waals surface area contributed by atoms with Gasteiger partial charge in [0.05, 0.1) is 12.7 Å². The van der Waals surface area contributed by atoms with Crippen molar-refractivity contribution >= 4 is 43.3 Å². The Morgan fingerprint density at radius 2 is 1.31 bits per heavy atom. The molecule has 5 atom stereocenters. The molecule has 10 N–H and O–H groups in total. The third kappa shape index (κ3) is 24.1. The van der Waals surface area contributed by atoms with Crippen molar-refractivity contribution in [3.8, 4) is 0 Å². The van der Waals surface area contributed by atoms with E-state index in [9.17, 15) is 43.5 Å². The number of nitrogens with two attached hydrogens (primary N) is 2. The summed E-state index contributed by atoms with van der Waals surface area (Å²) in [5.41, 5.74) is 11.7. The van der Waals surface area contributed by atoms with Crippen LogP contribution in [0.3, 0.4) is 0 Å². The van der Waals surface area contributed by atoms with Crippen molar-refractivity contribution in [3.05, 3.63) is 29.7 Å². The minimum absolute atomic E-state index is 0.0684. The van der Waals surface area contributed by atoms with E-state index >= 15 is 0 Å². The molecule has 1 aromatic heterocycles. The van der Waals surface area contributed by atoms with E-state index in [0.29, 0.717) is 50.9 Å². The number of ether oxygens (including phenoxy) is 3. The molecular weight excluding hydrogens is 942 g/mol. The van der Waals surface area contributed by atoms with Gasteiger partial charge in [-0.05, 0) is 86.2 Å². The molecule has 1 aliphatic rings. The lowest BCUT2D eigenvalue weighted by Crippen LogP contribution is -2.56. The number of nitrogens with zero attached hydrogens (tertiary/aromatic N) is 3. The fourth-order valence-corrected chi connectivity index (χ4v) is 9.25. The van der Waals surface area contributed by atoms with Crippen LogP contribution in [0, 0.1) is 0 Å². The molecule has 22 nitrogen and oxygen atoms in total. The molecule has 0 saturated carbocycles. The van der Waals surface area contributed by atoms with Crippen LogP contribution in [0.15, 0.2) is 24.0 Å². The molecule has 1 aliphatic heterocycles. The summed E-state index contributed by atoms with van der Waals surface area (Å²) in [5, 5.41) is 28.8. The van der Waals surface area contributed by atoms with E-state index in [0.717, 1.165) is 25.7 Å². The zero-order valence-electron chi connectivity index (χ0n) is 43.0. The van der Waals surface area contributed by atoms with E-state index in [1.165, 1.54) is 108 Å². The summed E-state index contributed by atoms with van der Waals surface area (Å²) in [5.74, 6) is -6.65. The first kappa shape index (κ1) is 62.5. The van der Waals surface area contributed by atoms with Gasteiger partial charge >= 0.3 is 25.6 Å². The molecule has 1 aromatic rings. The van der Waals surface area contributed by atoms with Gasteiger partial charge in [-0.1, -0.05) is 90.4 Å². The maximum Gasteiger partial charge on any atom is 0.395 e. The first-order chi connectivity index (χ1) is 34.0. The topological polar surface area (TPSA) is 320 Å². The highest BCUT2D eigenvalue weighted by Crippen LogP contribution is 2.53. The Kier molecular flexibility index (Phi) is 31.3. The smallest absolute Gasteiger partial charge is 0.395 e.